The number of imidazole rings is 1. The molecule has 166 valence electrons. The number of aromatic nitrogens is 7. The van der Waals surface area contributed by atoms with Gasteiger partial charge in [-0.05, 0) is 36.4 Å². The van der Waals surface area contributed by atoms with E-state index in [1.807, 2.05) is 55.4 Å². The molecule has 0 aliphatic carbocycles. The van der Waals surface area contributed by atoms with Crippen LogP contribution < -0.4 is 4.90 Å². The number of pyridine rings is 3. The first-order valence-electron chi connectivity index (χ1n) is 10.7. The topological polar surface area (TPSA) is 99.3 Å². The van der Waals surface area contributed by atoms with Gasteiger partial charge >= 0.3 is 0 Å². The summed E-state index contributed by atoms with van der Waals surface area (Å²) in [6.45, 7) is 0. The molecule has 0 aliphatic heterocycles. The molecule has 34 heavy (non-hydrogen) atoms. The summed E-state index contributed by atoms with van der Waals surface area (Å²) >= 11 is 0. The lowest BCUT2D eigenvalue weighted by Crippen LogP contribution is -2.08. The molecule has 5 heterocycles. The molecule has 0 fully saturated rings. The van der Waals surface area contributed by atoms with Gasteiger partial charge in [-0.25, -0.2) is 9.37 Å². The summed E-state index contributed by atoms with van der Waals surface area (Å²) in [6, 6.07) is 12.9. The van der Waals surface area contributed by atoms with Crippen molar-refractivity contribution in [2.24, 2.45) is 0 Å². The summed E-state index contributed by atoms with van der Waals surface area (Å²) in [4.78, 5) is 23.1. The zero-order chi connectivity index (χ0) is 23.2. The SMILES string of the molecule is CN(C)c1cncc(-c2ccc3[nH]nc(-c4nc5c(-c6ccccn6)nccc5[nH]4)c3c2F)c1. The van der Waals surface area contributed by atoms with Gasteiger partial charge in [-0.1, -0.05) is 6.07 Å². The maximum atomic E-state index is 15.9. The molecule has 0 unspecified atom stereocenters. The van der Waals surface area contributed by atoms with Crippen molar-refractivity contribution in [1.29, 1.82) is 0 Å². The van der Waals surface area contributed by atoms with E-state index in [9.17, 15) is 0 Å². The molecule has 6 rings (SSSR count). The maximum absolute atomic E-state index is 15.9. The Bertz CT molecular complexity index is 1650. The first-order chi connectivity index (χ1) is 16.6. The Kier molecular flexibility index (Phi) is 4.54. The van der Waals surface area contributed by atoms with Crippen LogP contribution in [0.3, 0.4) is 0 Å². The third-order valence-corrected chi connectivity index (χ3v) is 5.75. The van der Waals surface area contributed by atoms with Gasteiger partial charge in [0.2, 0.25) is 0 Å². The average molecular weight is 450 g/mol. The fourth-order valence-electron chi connectivity index (χ4n) is 4.02. The highest BCUT2D eigenvalue weighted by Gasteiger charge is 2.21. The van der Waals surface area contributed by atoms with Crippen LogP contribution in [0, 0.1) is 5.82 Å². The van der Waals surface area contributed by atoms with Crippen molar-refractivity contribution in [3.63, 3.8) is 0 Å². The fraction of sp³-hybridized carbons (Fsp3) is 0.0800. The van der Waals surface area contributed by atoms with E-state index in [2.05, 4.69) is 30.1 Å². The van der Waals surface area contributed by atoms with Gasteiger partial charge in [0.15, 0.2) is 5.82 Å². The minimum Gasteiger partial charge on any atom is -0.376 e. The molecule has 0 atom stereocenters. The van der Waals surface area contributed by atoms with E-state index in [0.29, 0.717) is 50.5 Å². The van der Waals surface area contributed by atoms with Crippen LogP contribution in [0.4, 0.5) is 10.1 Å². The summed E-state index contributed by atoms with van der Waals surface area (Å²) in [7, 11) is 3.84. The number of hydrogen-bond donors (Lipinski definition) is 2. The maximum Gasteiger partial charge on any atom is 0.159 e. The third kappa shape index (κ3) is 3.17. The van der Waals surface area contributed by atoms with Crippen LogP contribution in [0.2, 0.25) is 0 Å². The first kappa shape index (κ1) is 20.0. The van der Waals surface area contributed by atoms with E-state index in [-0.39, 0.29) is 5.82 Å². The van der Waals surface area contributed by atoms with Crippen LogP contribution in [0.1, 0.15) is 0 Å². The number of benzene rings is 1. The second-order valence-corrected chi connectivity index (χ2v) is 8.10. The van der Waals surface area contributed by atoms with Gasteiger partial charge in [0, 0.05) is 43.8 Å². The molecule has 9 heteroatoms. The Labute approximate surface area is 193 Å². The minimum absolute atomic E-state index is 0.360. The number of aromatic amines is 2. The molecular formula is C25H19FN8. The number of nitrogens with zero attached hydrogens (tertiary/aromatic N) is 6. The van der Waals surface area contributed by atoms with Gasteiger partial charge in [0.05, 0.1) is 34.0 Å². The lowest BCUT2D eigenvalue weighted by Gasteiger charge is -2.13. The Morgan fingerprint density at radius 1 is 0.912 bits per heavy atom. The van der Waals surface area contributed by atoms with Crippen LogP contribution in [-0.4, -0.2) is 49.2 Å². The summed E-state index contributed by atoms with van der Waals surface area (Å²) in [5.41, 5.74) is 5.75. The van der Waals surface area contributed by atoms with Gasteiger partial charge in [-0.3, -0.25) is 20.1 Å². The monoisotopic (exact) mass is 450 g/mol. The van der Waals surface area contributed by atoms with Crippen molar-refractivity contribution in [2.45, 2.75) is 0 Å². The van der Waals surface area contributed by atoms with Crippen molar-refractivity contribution < 1.29 is 4.39 Å². The van der Waals surface area contributed by atoms with Crippen molar-refractivity contribution in [3.05, 3.63) is 73.1 Å². The van der Waals surface area contributed by atoms with Gasteiger partial charge < -0.3 is 9.88 Å². The van der Waals surface area contributed by atoms with Gasteiger partial charge in [0.1, 0.15) is 22.7 Å². The number of rotatable bonds is 4. The second-order valence-electron chi connectivity index (χ2n) is 8.10. The Morgan fingerprint density at radius 3 is 2.65 bits per heavy atom. The molecular weight excluding hydrogens is 431 g/mol. The molecule has 0 saturated heterocycles. The molecule has 5 aromatic heterocycles. The fourth-order valence-corrected chi connectivity index (χ4v) is 4.02. The van der Waals surface area contributed by atoms with E-state index >= 15 is 4.39 Å². The second kappa shape index (κ2) is 7.73. The van der Waals surface area contributed by atoms with Crippen molar-refractivity contribution in [1.82, 2.24) is 35.1 Å². The van der Waals surface area contributed by atoms with Gasteiger partial charge in [0.25, 0.3) is 0 Å². The third-order valence-electron chi connectivity index (χ3n) is 5.75. The van der Waals surface area contributed by atoms with E-state index < -0.39 is 0 Å². The molecule has 1 aromatic carbocycles. The largest absolute Gasteiger partial charge is 0.376 e. The highest BCUT2D eigenvalue weighted by molar-refractivity contribution is 5.98. The average Bonchev–Trinajstić information content (AvgIpc) is 3.49. The standard InChI is InChI=1S/C25H19FN8/c1-34(2)15-11-14(12-27-13-15)16-6-7-17-20(21(16)26)24(33-32-17)25-30-19-8-10-29-22(23(19)31-25)18-5-3-4-9-28-18/h3-13H,1-2H3,(H,30,31)(H,32,33). The van der Waals surface area contributed by atoms with Crippen LogP contribution in [0.15, 0.2) is 67.3 Å². The van der Waals surface area contributed by atoms with Gasteiger partial charge in [-0.2, -0.15) is 5.10 Å². The molecule has 8 nitrogen and oxygen atoms in total. The molecule has 2 N–H and O–H groups in total. The number of fused-ring (bicyclic) bond motifs is 2. The van der Waals surface area contributed by atoms with Crippen LogP contribution >= 0.6 is 0 Å². The predicted molar refractivity (Wildman–Crippen MR) is 130 cm³/mol. The molecule has 0 amide bonds. The van der Waals surface area contributed by atoms with Crippen LogP contribution in [0.25, 0.3) is 56.0 Å². The highest BCUT2D eigenvalue weighted by Crippen LogP contribution is 2.35. The number of nitrogens with one attached hydrogen (secondary N) is 2. The summed E-state index contributed by atoms with van der Waals surface area (Å²) in [5, 5.41) is 7.67. The summed E-state index contributed by atoms with van der Waals surface area (Å²) < 4.78 is 15.9. The smallest absolute Gasteiger partial charge is 0.159 e. The summed E-state index contributed by atoms with van der Waals surface area (Å²) in [6.07, 6.45) is 6.80. The van der Waals surface area contributed by atoms with Crippen LogP contribution in [0.5, 0.6) is 0 Å². The Morgan fingerprint density at radius 2 is 1.82 bits per heavy atom. The molecule has 0 saturated carbocycles. The normalized spacial score (nSPS) is 11.4. The quantitative estimate of drug-likeness (QED) is 0.399. The lowest BCUT2D eigenvalue weighted by molar-refractivity contribution is 0.643. The van der Waals surface area contributed by atoms with Crippen molar-refractivity contribution in [3.8, 4) is 34.0 Å². The molecule has 0 radical (unpaired) electrons. The van der Waals surface area contributed by atoms with E-state index in [4.69, 9.17) is 4.98 Å². The highest BCUT2D eigenvalue weighted by atomic mass is 19.1. The lowest BCUT2D eigenvalue weighted by atomic mass is 10.0. The van der Waals surface area contributed by atoms with Crippen molar-refractivity contribution >= 4 is 27.6 Å². The zero-order valence-corrected chi connectivity index (χ0v) is 18.4. The minimum atomic E-state index is -0.387. The van der Waals surface area contributed by atoms with E-state index in [1.54, 1.807) is 30.9 Å². The molecule has 0 bridgehead atoms. The summed E-state index contributed by atoms with van der Waals surface area (Å²) in [5.74, 6) is 0.0603. The first-order valence-corrected chi connectivity index (χ1v) is 10.7. The van der Waals surface area contributed by atoms with E-state index in [1.165, 1.54) is 0 Å². The Hall–Kier alpha value is -4.66. The Balaban J connectivity index is 1.52. The molecule has 6 aromatic rings. The zero-order valence-electron chi connectivity index (χ0n) is 18.4. The molecule has 0 spiro atoms. The number of hydrogen-bond acceptors (Lipinski definition) is 6. The predicted octanol–water partition coefficient (Wildman–Crippen LogP) is 4.83. The van der Waals surface area contributed by atoms with Gasteiger partial charge in [-0.15, -0.1) is 0 Å². The number of H-pyrrole nitrogens is 2. The van der Waals surface area contributed by atoms with E-state index in [0.717, 1.165) is 11.2 Å². The van der Waals surface area contributed by atoms with Crippen molar-refractivity contribution in [2.75, 3.05) is 19.0 Å². The van der Waals surface area contributed by atoms with Crippen LogP contribution in [-0.2, 0) is 0 Å². The molecule has 0 aliphatic rings. The number of halogens is 1. The number of anilines is 1.